The van der Waals surface area contributed by atoms with Gasteiger partial charge in [-0.05, 0) is 50.7 Å². The van der Waals surface area contributed by atoms with E-state index < -0.39 is 192 Å². The molecule has 0 spiro atoms. The van der Waals surface area contributed by atoms with Crippen molar-refractivity contribution in [3.8, 4) is 0 Å². The van der Waals surface area contributed by atoms with Crippen LogP contribution in [0.5, 0.6) is 0 Å². The molecule has 0 aliphatic rings. The Hall–Kier alpha value is -3.89. The molecule has 9 nitrogen and oxygen atoms in total. The van der Waals surface area contributed by atoms with Gasteiger partial charge in [0.15, 0.2) is 6.10 Å². The van der Waals surface area contributed by atoms with Gasteiger partial charge in [-0.2, -0.15) is 149 Å². The lowest BCUT2D eigenvalue weighted by atomic mass is 9.89. The minimum atomic E-state index is -8.79. The molecule has 44 heteroatoms. The fourth-order valence-electron chi connectivity index (χ4n) is 6.40. The maximum atomic E-state index is 14.1. The number of rotatable bonds is 40. The average molecular weight is 1400 g/mol. The molecule has 0 amide bonds. The second kappa shape index (κ2) is 29.0. The van der Waals surface area contributed by atoms with Crippen LogP contribution in [0, 0.1) is 0 Å². The van der Waals surface area contributed by atoms with E-state index in [0.717, 1.165) is 0 Å². The molecular formula is C44H50F34NO8P. The Morgan fingerprint density at radius 2 is 0.682 bits per heavy atom. The molecule has 0 saturated heterocycles. The van der Waals surface area contributed by atoms with Crippen molar-refractivity contribution in [3.63, 3.8) is 0 Å². The molecule has 0 aliphatic carbocycles. The first-order valence-electron chi connectivity index (χ1n) is 24.3. The Morgan fingerprint density at radius 1 is 0.398 bits per heavy atom. The van der Waals surface area contributed by atoms with Crippen molar-refractivity contribution in [1.82, 2.24) is 0 Å². The molecule has 0 bridgehead atoms. The fourth-order valence-corrected chi connectivity index (χ4v) is 7.13. The van der Waals surface area contributed by atoms with Gasteiger partial charge >= 0.3 is 107 Å². The van der Waals surface area contributed by atoms with E-state index >= 15 is 0 Å². The first-order chi connectivity index (χ1) is 38.8. The molecule has 0 aliphatic heterocycles. The number of esters is 2. The molecule has 0 saturated carbocycles. The van der Waals surface area contributed by atoms with Gasteiger partial charge < -0.3 is 27.9 Å². The Labute approximate surface area is 474 Å². The third-order valence-corrected chi connectivity index (χ3v) is 12.8. The Balaban J connectivity index is 5.53. The topological polar surface area (TPSA) is 111 Å². The first kappa shape index (κ1) is 84.1. The van der Waals surface area contributed by atoms with Gasteiger partial charge in [0.05, 0.1) is 27.7 Å². The molecule has 0 radical (unpaired) electrons. The van der Waals surface area contributed by atoms with Crippen LogP contribution in [-0.2, 0) is 32.7 Å². The zero-order valence-corrected chi connectivity index (χ0v) is 45.5. The molecule has 2 atom stereocenters. The highest BCUT2D eigenvalue weighted by atomic mass is 31.2. The van der Waals surface area contributed by atoms with Crippen molar-refractivity contribution in [3.05, 3.63) is 24.3 Å². The molecule has 0 aromatic heterocycles. The smallest absolute Gasteiger partial charge is 0.460 e. The SMILES string of the molecule is C[N+](C)(C)CCOP(=O)([O-])OCC(COC(=O)CCCCCCC/C=C\C(F)(F)C(F)(F)C(F)(F)C(F)(F)C(F)(F)C(F)(F)C(F)(F)C(F)(F)F)OC(=O)CCCCCCC/C=C\C(F)(F)C(F)(F)C(F)(F)C(F)(F)C(F)(F)C(F)(F)C(F)(F)C(F)(F)F. The predicted molar refractivity (Wildman–Crippen MR) is 228 cm³/mol. The second-order valence-corrected chi connectivity index (χ2v) is 21.3. The quantitative estimate of drug-likeness (QED) is 0.0149. The Morgan fingerprint density at radius 3 is 1.00 bits per heavy atom. The van der Waals surface area contributed by atoms with E-state index in [0.29, 0.717) is 0 Å². The van der Waals surface area contributed by atoms with Crippen LogP contribution in [0.25, 0.3) is 0 Å². The van der Waals surface area contributed by atoms with Crippen LogP contribution in [0.3, 0.4) is 0 Å². The third-order valence-electron chi connectivity index (χ3n) is 11.8. The van der Waals surface area contributed by atoms with Crippen molar-refractivity contribution in [2.75, 3.05) is 47.5 Å². The van der Waals surface area contributed by atoms with E-state index in [1.807, 2.05) is 0 Å². The summed E-state index contributed by atoms with van der Waals surface area (Å²) in [7, 11) is -0.287. The van der Waals surface area contributed by atoms with Crippen molar-refractivity contribution in [2.45, 2.75) is 191 Å². The molecule has 0 fully saturated rings. The lowest BCUT2D eigenvalue weighted by molar-refractivity contribution is -0.870. The molecule has 0 heterocycles. The van der Waals surface area contributed by atoms with Crippen molar-refractivity contribution in [2.24, 2.45) is 0 Å². The summed E-state index contributed by atoms with van der Waals surface area (Å²) < 4.78 is 490. The molecule has 88 heavy (non-hydrogen) atoms. The van der Waals surface area contributed by atoms with Crippen LogP contribution in [0.1, 0.15) is 89.9 Å². The number of allylic oxidation sites excluding steroid dienone is 4. The summed E-state index contributed by atoms with van der Waals surface area (Å²) in [5, 5.41) is 0. The van der Waals surface area contributed by atoms with Gasteiger partial charge in [0.2, 0.25) is 0 Å². The second-order valence-electron chi connectivity index (χ2n) is 19.9. The summed E-state index contributed by atoms with van der Waals surface area (Å²) in [6.07, 6.45) is -24.8. The lowest BCUT2D eigenvalue weighted by Crippen LogP contribution is -2.74. The van der Waals surface area contributed by atoms with Crippen molar-refractivity contribution < 1.29 is 191 Å². The van der Waals surface area contributed by atoms with E-state index in [4.69, 9.17) is 9.47 Å². The summed E-state index contributed by atoms with van der Waals surface area (Å²) in [6.45, 7) is -2.39. The van der Waals surface area contributed by atoms with Crippen LogP contribution in [-0.4, -0.2) is 165 Å². The van der Waals surface area contributed by atoms with E-state index in [1.54, 1.807) is 21.1 Å². The van der Waals surface area contributed by atoms with Crippen LogP contribution in [0.15, 0.2) is 24.3 Å². The number of halogens is 34. The minimum absolute atomic E-state index is 0.00147. The molecular weight excluding hydrogens is 1350 g/mol. The van der Waals surface area contributed by atoms with E-state index in [-0.39, 0.29) is 74.5 Å². The number of hydrogen-bond donors (Lipinski definition) is 0. The normalized spacial score (nSPS) is 16.4. The van der Waals surface area contributed by atoms with E-state index in [9.17, 15) is 168 Å². The number of carbonyl (C=O) groups is 2. The molecule has 0 aromatic rings. The molecule has 2 unspecified atom stereocenters. The average Bonchev–Trinajstić information content (AvgIpc) is 0.710. The highest BCUT2D eigenvalue weighted by Gasteiger charge is 2.97. The van der Waals surface area contributed by atoms with E-state index in [2.05, 4.69) is 9.05 Å². The standard InChI is InChI=1S/C44H50F34NO8P/c1-79(2,3)22-23-85-88(82,83)86-25-26(87-28(81)19-15-11-7-5-9-13-17-21-30(47,48)32(51,52)34(55,56)36(59,60)38(63,64)40(67,68)42(71,72)44(76,77)78)24-84-27(80)18-14-10-6-4-8-12-16-20-29(45,46)31(49,50)33(53,54)35(57,58)37(61,62)39(65,66)41(69,70)43(73,74)75/h16-17,20-21,26H,4-15,18-19,22-25H2,1-3H3/b20-16-,21-17-. The highest BCUT2D eigenvalue weighted by Crippen LogP contribution is 2.66. The number of likely N-dealkylation sites (N-methyl/N-ethyl adjacent to an activating group) is 1. The van der Waals surface area contributed by atoms with Crippen LogP contribution < -0.4 is 4.89 Å². The van der Waals surface area contributed by atoms with Gasteiger partial charge in [-0.25, -0.2) is 0 Å². The van der Waals surface area contributed by atoms with Crippen molar-refractivity contribution >= 4 is 19.8 Å². The summed E-state index contributed by atoms with van der Waals surface area (Å²) in [5.74, 6) is -117. The lowest BCUT2D eigenvalue weighted by Gasteiger charge is -2.42. The number of carbonyl (C=O) groups excluding carboxylic acids is 2. The molecule has 0 rings (SSSR count). The zero-order chi connectivity index (χ0) is 70.1. The maximum Gasteiger partial charge on any atom is 0.460 e. The number of ether oxygens (including phenoxy) is 2. The van der Waals surface area contributed by atoms with Gasteiger partial charge in [0.25, 0.3) is 7.82 Å². The van der Waals surface area contributed by atoms with Gasteiger partial charge in [0.1, 0.15) is 19.8 Å². The van der Waals surface area contributed by atoms with Gasteiger partial charge in [-0.3, -0.25) is 14.2 Å². The van der Waals surface area contributed by atoms with Crippen molar-refractivity contribution in [1.29, 1.82) is 0 Å². The summed E-state index contributed by atoms with van der Waals surface area (Å²) in [4.78, 5) is 37.3. The zero-order valence-electron chi connectivity index (χ0n) is 44.6. The van der Waals surface area contributed by atoms with Gasteiger partial charge in [-0.15, -0.1) is 0 Å². The number of hydrogen-bond acceptors (Lipinski definition) is 8. The largest absolute Gasteiger partial charge is 0.756 e. The monoisotopic (exact) mass is 1400 g/mol. The number of nitrogens with zero attached hydrogens (tertiary/aromatic N) is 1. The van der Waals surface area contributed by atoms with Gasteiger partial charge in [0, 0.05) is 12.8 Å². The van der Waals surface area contributed by atoms with Crippen LogP contribution in [0.4, 0.5) is 149 Å². The van der Waals surface area contributed by atoms with Crippen LogP contribution in [0.2, 0.25) is 0 Å². The Bertz CT molecular complexity index is 2350. The highest BCUT2D eigenvalue weighted by molar-refractivity contribution is 7.45. The van der Waals surface area contributed by atoms with Crippen LogP contribution >= 0.6 is 7.82 Å². The maximum absolute atomic E-state index is 14.1. The number of unbranched alkanes of at least 4 members (excludes halogenated alkanes) is 10. The number of phosphoric acid groups is 1. The van der Waals surface area contributed by atoms with E-state index in [1.165, 1.54) is 0 Å². The summed E-state index contributed by atoms with van der Waals surface area (Å²) >= 11 is 0. The first-order valence-corrected chi connectivity index (χ1v) is 25.8. The minimum Gasteiger partial charge on any atom is -0.756 e. The third kappa shape index (κ3) is 18.4. The summed E-state index contributed by atoms with van der Waals surface area (Å²) in [5.41, 5.74) is 0. The Kier molecular flexibility index (Phi) is 27.7. The summed E-state index contributed by atoms with van der Waals surface area (Å²) in [6, 6.07) is 0. The molecule has 0 aromatic carbocycles. The van der Waals surface area contributed by atoms with Gasteiger partial charge in [-0.1, -0.05) is 50.7 Å². The molecule has 0 N–H and O–H groups in total. The fraction of sp³-hybridized carbons (Fsp3) is 0.864. The molecule has 522 valence electrons. The number of quaternary nitrogens is 1. The predicted octanol–water partition coefficient (Wildman–Crippen LogP) is 16.2. The number of alkyl halides is 34. The number of phosphoric ester groups is 1.